The molecule has 3 N–H and O–H groups in total. The molecule has 19 heavy (non-hydrogen) atoms. The second kappa shape index (κ2) is 5.53. The minimum absolute atomic E-state index is 0.0174. The average Bonchev–Trinajstić information content (AvgIpc) is 2.40. The molecule has 1 aromatic rings. The number of rotatable bonds is 3. The summed E-state index contributed by atoms with van der Waals surface area (Å²) in [6.07, 6.45) is 4.59. The van der Waals surface area contributed by atoms with Crippen molar-refractivity contribution < 1.29 is 9.59 Å². The molecule has 1 saturated carbocycles. The maximum absolute atomic E-state index is 12.2. The summed E-state index contributed by atoms with van der Waals surface area (Å²) in [6, 6.07) is 6.95. The van der Waals surface area contributed by atoms with Gasteiger partial charge in [0.1, 0.15) is 0 Å². The number of Topliss-reactive ketones (excluding diaryl/α,β-unsaturated/α-hetero) is 1. The van der Waals surface area contributed by atoms with Crippen LogP contribution < -0.4 is 11.1 Å². The fourth-order valence-electron chi connectivity index (χ4n) is 2.48. The monoisotopic (exact) mass is 260 g/mol. The smallest absolute Gasteiger partial charge is 0.244 e. The quantitative estimate of drug-likeness (QED) is 0.820. The van der Waals surface area contributed by atoms with E-state index in [0.717, 1.165) is 32.1 Å². The van der Waals surface area contributed by atoms with E-state index in [4.69, 9.17) is 5.73 Å². The summed E-state index contributed by atoms with van der Waals surface area (Å²) in [6.45, 7) is 1.51. The zero-order chi connectivity index (χ0) is 13.9. The van der Waals surface area contributed by atoms with E-state index in [2.05, 4.69) is 5.32 Å². The SMILES string of the molecule is CC(=O)c1cccc(NC(=O)C2(N)CCCCC2)c1. The van der Waals surface area contributed by atoms with Crippen LogP contribution in [0.15, 0.2) is 24.3 Å². The fourth-order valence-corrected chi connectivity index (χ4v) is 2.48. The Bertz CT molecular complexity index is 491. The molecule has 0 atom stereocenters. The Morgan fingerprint density at radius 3 is 2.53 bits per heavy atom. The molecule has 4 nitrogen and oxygen atoms in total. The first-order valence-corrected chi connectivity index (χ1v) is 6.73. The van der Waals surface area contributed by atoms with Crippen LogP contribution in [-0.4, -0.2) is 17.2 Å². The highest BCUT2D eigenvalue weighted by atomic mass is 16.2. The van der Waals surface area contributed by atoms with Crippen molar-refractivity contribution in [2.45, 2.75) is 44.6 Å². The van der Waals surface area contributed by atoms with Crippen molar-refractivity contribution in [3.63, 3.8) is 0 Å². The first kappa shape index (κ1) is 13.7. The van der Waals surface area contributed by atoms with Crippen LogP contribution in [0, 0.1) is 0 Å². The number of hydrogen-bond donors (Lipinski definition) is 2. The van der Waals surface area contributed by atoms with Crippen LogP contribution in [0.25, 0.3) is 0 Å². The van der Waals surface area contributed by atoms with Crippen molar-refractivity contribution in [1.29, 1.82) is 0 Å². The average molecular weight is 260 g/mol. The largest absolute Gasteiger partial charge is 0.324 e. The molecule has 0 bridgehead atoms. The fraction of sp³-hybridized carbons (Fsp3) is 0.467. The van der Waals surface area contributed by atoms with E-state index in [-0.39, 0.29) is 11.7 Å². The number of hydrogen-bond acceptors (Lipinski definition) is 3. The Morgan fingerprint density at radius 2 is 1.89 bits per heavy atom. The molecule has 2 rings (SSSR count). The Kier molecular flexibility index (Phi) is 4.00. The number of nitrogens with two attached hydrogens (primary N) is 1. The Balaban J connectivity index is 2.10. The second-order valence-corrected chi connectivity index (χ2v) is 5.31. The molecule has 4 heteroatoms. The lowest BCUT2D eigenvalue weighted by Gasteiger charge is -2.31. The van der Waals surface area contributed by atoms with Crippen LogP contribution in [0.3, 0.4) is 0 Å². The Hall–Kier alpha value is -1.68. The number of carbonyl (C=O) groups is 2. The van der Waals surface area contributed by atoms with Crippen LogP contribution in [0.2, 0.25) is 0 Å². The van der Waals surface area contributed by atoms with E-state index in [0.29, 0.717) is 11.3 Å². The van der Waals surface area contributed by atoms with Gasteiger partial charge in [-0.1, -0.05) is 31.4 Å². The van der Waals surface area contributed by atoms with Gasteiger partial charge in [-0.15, -0.1) is 0 Å². The third-order valence-corrected chi connectivity index (χ3v) is 3.72. The lowest BCUT2D eigenvalue weighted by Crippen LogP contribution is -2.52. The second-order valence-electron chi connectivity index (χ2n) is 5.31. The maximum atomic E-state index is 12.2. The van der Waals surface area contributed by atoms with Crippen LogP contribution in [0.4, 0.5) is 5.69 Å². The summed E-state index contributed by atoms with van der Waals surface area (Å²) in [7, 11) is 0. The zero-order valence-electron chi connectivity index (χ0n) is 11.2. The van der Waals surface area contributed by atoms with Crippen molar-refractivity contribution in [1.82, 2.24) is 0 Å². The summed E-state index contributed by atoms with van der Waals surface area (Å²) in [5.74, 6) is -0.163. The van der Waals surface area contributed by atoms with E-state index in [9.17, 15) is 9.59 Å². The highest BCUT2D eigenvalue weighted by molar-refractivity contribution is 6.00. The van der Waals surface area contributed by atoms with Crippen LogP contribution in [-0.2, 0) is 4.79 Å². The molecule has 1 amide bonds. The lowest BCUT2D eigenvalue weighted by molar-refractivity contribution is -0.122. The number of carbonyl (C=O) groups excluding carboxylic acids is 2. The van der Waals surface area contributed by atoms with Gasteiger partial charge in [0.05, 0.1) is 5.54 Å². The van der Waals surface area contributed by atoms with Gasteiger partial charge in [0.25, 0.3) is 0 Å². The van der Waals surface area contributed by atoms with Crippen molar-refractivity contribution in [2.24, 2.45) is 5.73 Å². The van der Waals surface area contributed by atoms with Gasteiger partial charge < -0.3 is 11.1 Å². The third kappa shape index (κ3) is 3.20. The van der Waals surface area contributed by atoms with Gasteiger partial charge in [0.2, 0.25) is 5.91 Å². The Labute approximate surface area is 113 Å². The van der Waals surface area contributed by atoms with Gasteiger partial charge in [-0.3, -0.25) is 9.59 Å². The standard InChI is InChI=1S/C15H20N2O2/c1-11(18)12-6-5-7-13(10-12)17-14(19)15(16)8-3-2-4-9-15/h5-7,10H,2-4,8-9,16H2,1H3,(H,17,19). The maximum Gasteiger partial charge on any atom is 0.244 e. The van der Waals surface area contributed by atoms with Gasteiger partial charge in [-0.05, 0) is 31.9 Å². The topological polar surface area (TPSA) is 72.2 Å². The molecule has 1 fully saturated rings. The van der Waals surface area contributed by atoms with E-state index >= 15 is 0 Å². The highest BCUT2D eigenvalue weighted by Gasteiger charge is 2.35. The van der Waals surface area contributed by atoms with Crippen molar-refractivity contribution >= 4 is 17.4 Å². The first-order valence-electron chi connectivity index (χ1n) is 6.73. The van der Waals surface area contributed by atoms with Gasteiger partial charge in [-0.2, -0.15) is 0 Å². The lowest BCUT2D eigenvalue weighted by atomic mass is 9.82. The molecule has 0 unspecified atom stereocenters. The molecule has 0 aromatic heterocycles. The molecule has 0 heterocycles. The summed E-state index contributed by atoms with van der Waals surface area (Å²) < 4.78 is 0. The molecule has 1 aromatic carbocycles. The van der Waals surface area contributed by atoms with Gasteiger partial charge in [0.15, 0.2) is 5.78 Å². The number of anilines is 1. The predicted molar refractivity (Wildman–Crippen MR) is 75.1 cm³/mol. The molecular formula is C15H20N2O2. The normalized spacial score (nSPS) is 17.8. The number of amides is 1. The summed E-state index contributed by atoms with van der Waals surface area (Å²) >= 11 is 0. The molecule has 0 spiro atoms. The Morgan fingerprint density at radius 1 is 1.21 bits per heavy atom. The van der Waals surface area contributed by atoms with Crippen LogP contribution >= 0.6 is 0 Å². The number of nitrogens with one attached hydrogen (secondary N) is 1. The van der Waals surface area contributed by atoms with Crippen molar-refractivity contribution in [2.75, 3.05) is 5.32 Å². The van der Waals surface area contributed by atoms with E-state index in [1.165, 1.54) is 6.92 Å². The van der Waals surface area contributed by atoms with Gasteiger partial charge >= 0.3 is 0 Å². The zero-order valence-corrected chi connectivity index (χ0v) is 11.2. The minimum atomic E-state index is -0.759. The number of ketones is 1. The van der Waals surface area contributed by atoms with Crippen LogP contribution in [0.1, 0.15) is 49.4 Å². The number of benzene rings is 1. The minimum Gasteiger partial charge on any atom is -0.324 e. The van der Waals surface area contributed by atoms with Gasteiger partial charge in [0, 0.05) is 11.3 Å². The first-order chi connectivity index (χ1) is 9.01. The van der Waals surface area contributed by atoms with E-state index in [1.54, 1.807) is 24.3 Å². The van der Waals surface area contributed by atoms with Crippen molar-refractivity contribution in [3.05, 3.63) is 29.8 Å². The molecule has 1 aliphatic rings. The van der Waals surface area contributed by atoms with E-state index < -0.39 is 5.54 Å². The van der Waals surface area contributed by atoms with E-state index in [1.807, 2.05) is 0 Å². The molecule has 102 valence electrons. The highest BCUT2D eigenvalue weighted by Crippen LogP contribution is 2.27. The molecule has 0 aliphatic heterocycles. The van der Waals surface area contributed by atoms with Crippen molar-refractivity contribution in [3.8, 4) is 0 Å². The molecule has 0 saturated heterocycles. The summed E-state index contributed by atoms with van der Waals surface area (Å²) in [4.78, 5) is 23.6. The third-order valence-electron chi connectivity index (χ3n) is 3.72. The predicted octanol–water partition coefficient (Wildman–Crippen LogP) is 2.49. The molecular weight excluding hydrogens is 240 g/mol. The van der Waals surface area contributed by atoms with Gasteiger partial charge in [-0.25, -0.2) is 0 Å². The molecule has 0 radical (unpaired) electrons. The van der Waals surface area contributed by atoms with Crippen LogP contribution in [0.5, 0.6) is 0 Å². The summed E-state index contributed by atoms with van der Waals surface area (Å²) in [5.41, 5.74) is 6.63. The molecule has 1 aliphatic carbocycles. The summed E-state index contributed by atoms with van der Waals surface area (Å²) in [5, 5.41) is 2.83.